The van der Waals surface area contributed by atoms with Gasteiger partial charge in [0.2, 0.25) is 0 Å². The second-order valence-corrected chi connectivity index (χ2v) is 11.1. The number of anilines is 4. The molecular weight excluding hydrogens is 564 g/mol. The highest BCUT2D eigenvalue weighted by Gasteiger charge is 2.24. The fraction of sp³-hybridized carbons (Fsp3) is 0.304. The minimum Gasteiger partial charge on any atom is -0.353 e. The number of pyridine rings is 1. The minimum absolute atomic E-state index is 0.508. The molecule has 0 aliphatic heterocycles. The van der Waals surface area contributed by atoms with Crippen molar-refractivity contribution in [3.63, 3.8) is 0 Å². The van der Waals surface area contributed by atoms with Gasteiger partial charge < -0.3 is 10.6 Å². The van der Waals surface area contributed by atoms with Crippen LogP contribution in [0.2, 0.25) is 0 Å². The molecule has 1 saturated carbocycles. The molecule has 3 aromatic heterocycles. The van der Waals surface area contributed by atoms with Crippen LogP contribution in [0.5, 0.6) is 0 Å². The highest BCUT2D eigenvalue weighted by Crippen LogP contribution is 2.43. The van der Waals surface area contributed by atoms with Crippen molar-refractivity contribution in [2.24, 2.45) is 0 Å². The summed E-state index contributed by atoms with van der Waals surface area (Å²) in [5, 5.41) is 7.04. The molecule has 0 bridgehead atoms. The fourth-order valence-corrected chi connectivity index (χ4v) is 6.69. The molecule has 1 fully saturated rings. The first kappa shape index (κ1) is 22.8. The van der Waals surface area contributed by atoms with E-state index >= 15 is 0 Å². The highest BCUT2D eigenvalue weighted by molar-refractivity contribution is 14.2. The Labute approximate surface area is 212 Å². The van der Waals surface area contributed by atoms with Crippen molar-refractivity contribution in [2.45, 2.75) is 44.4 Å². The number of aromatic nitrogens is 5. The summed E-state index contributed by atoms with van der Waals surface area (Å²) in [6, 6.07) is 10.7. The molecule has 3 heterocycles. The third kappa shape index (κ3) is 4.81. The van der Waals surface area contributed by atoms with Crippen LogP contribution in [0, 0.1) is 20.8 Å². The van der Waals surface area contributed by atoms with Crippen LogP contribution in [0.15, 0.2) is 35.2 Å². The summed E-state index contributed by atoms with van der Waals surface area (Å²) >= 11 is 4.14. The van der Waals surface area contributed by atoms with Crippen LogP contribution in [-0.2, 0) is 0 Å². The standard InChI is InChI=1S/C23H25IN7PS/c1-12-9-20(26-13(2)25-12)29-21-11-18(22-23(30-21)31(32-24)14(3)27-22)28-17-8-7-16(15-5-6-15)10-19(17)33-4/h7-11,15,32H,5-6H2,1-4H3,(H2,25,26,28,29,30). The van der Waals surface area contributed by atoms with Gasteiger partial charge in [-0.3, -0.25) is 4.34 Å². The molecule has 0 amide bonds. The van der Waals surface area contributed by atoms with Crippen LogP contribution in [-0.4, -0.2) is 30.5 Å². The van der Waals surface area contributed by atoms with Crippen LogP contribution in [0.4, 0.5) is 23.0 Å². The Morgan fingerprint density at radius 1 is 0.970 bits per heavy atom. The first-order valence-electron chi connectivity index (χ1n) is 10.8. The molecule has 0 spiro atoms. The van der Waals surface area contributed by atoms with E-state index in [2.05, 4.69) is 71.4 Å². The van der Waals surface area contributed by atoms with E-state index in [0.717, 1.165) is 57.4 Å². The van der Waals surface area contributed by atoms with E-state index in [-0.39, 0.29) is 0 Å². The van der Waals surface area contributed by atoms with Crippen molar-refractivity contribution >= 4 is 74.4 Å². The monoisotopic (exact) mass is 589 g/mol. The Morgan fingerprint density at radius 2 is 1.76 bits per heavy atom. The van der Waals surface area contributed by atoms with Gasteiger partial charge in [-0.25, -0.2) is 19.9 Å². The summed E-state index contributed by atoms with van der Waals surface area (Å²) in [5.41, 5.74) is 6.09. The van der Waals surface area contributed by atoms with Crippen molar-refractivity contribution in [1.82, 2.24) is 24.3 Å². The molecule has 1 aliphatic rings. The van der Waals surface area contributed by atoms with Crippen molar-refractivity contribution < 1.29 is 0 Å². The van der Waals surface area contributed by atoms with Crippen LogP contribution >= 0.6 is 40.2 Å². The molecule has 33 heavy (non-hydrogen) atoms. The Hall–Kier alpha value is -1.97. The minimum atomic E-state index is 0.508. The van der Waals surface area contributed by atoms with Crippen LogP contribution in [0.1, 0.15) is 41.7 Å². The third-order valence-corrected chi connectivity index (χ3v) is 8.56. The normalized spacial score (nSPS) is 13.8. The molecule has 0 saturated heterocycles. The van der Waals surface area contributed by atoms with Gasteiger partial charge in [0.1, 0.15) is 28.8 Å². The summed E-state index contributed by atoms with van der Waals surface area (Å²) in [6.07, 6.45) is 5.24. The molecule has 0 radical (unpaired) electrons. The van der Waals surface area contributed by atoms with E-state index in [1.54, 1.807) is 11.8 Å². The maximum Gasteiger partial charge on any atom is 0.168 e. The number of hydrogen-bond donors (Lipinski definition) is 2. The van der Waals surface area contributed by atoms with E-state index in [1.807, 2.05) is 32.9 Å². The number of halogens is 1. The van der Waals surface area contributed by atoms with Gasteiger partial charge in [-0.15, -0.1) is 11.8 Å². The lowest BCUT2D eigenvalue weighted by Gasteiger charge is -2.14. The molecular formula is C23H25IN7PS. The first-order chi connectivity index (χ1) is 15.9. The van der Waals surface area contributed by atoms with Gasteiger partial charge in [-0.2, -0.15) is 0 Å². The van der Waals surface area contributed by atoms with Gasteiger partial charge in [0.15, 0.2) is 5.65 Å². The molecule has 1 atom stereocenters. The number of thioether (sulfide) groups is 1. The zero-order valence-corrected chi connectivity index (χ0v) is 22.9. The SMILES string of the molecule is CSc1cc(C2CC2)ccc1Nc1cc(Nc2cc(C)nc(C)n2)nc2c1nc(C)n2PI. The maximum atomic E-state index is 4.90. The fourth-order valence-electron chi connectivity index (χ4n) is 3.96. The number of fused-ring (bicyclic) bond motifs is 1. The van der Waals surface area contributed by atoms with E-state index < -0.39 is 0 Å². The van der Waals surface area contributed by atoms with Crippen LogP contribution < -0.4 is 10.6 Å². The summed E-state index contributed by atoms with van der Waals surface area (Å²) in [4.78, 5) is 19.9. The van der Waals surface area contributed by atoms with Gasteiger partial charge in [-0.1, -0.05) is 6.07 Å². The lowest BCUT2D eigenvalue weighted by Crippen LogP contribution is -2.02. The van der Waals surface area contributed by atoms with Crippen molar-refractivity contribution in [3.8, 4) is 0 Å². The summed E-state index contributed by atoms with van der Waals surface area (Å²) in [7, 11) is 0. The number of rotatable bonds is 7. The van der Waals surface area contributed by atoms with Gasteiger partial charge in [0, 0.05) is 22.7 Å². The van der Waals surface area contributed by atoms with Crippen molar-refractivity contribution in [2.75, 3.05) is 16.9 Å². The Bertz CT molecular complexity index is 1330. The Balaban J connectivity index is 1.58. The number of nitrogens with one attached hydrogen (secondary N) is 2. The second-order valence-electron chi connectivity index (χ2n) is 8.23. The van der Waals surface area contributed by atoms with E-state index in [9.17, 15) is 0 Å². The smallest absolute Gasteiger partial charge is 0.168 e. The zero-order valence-electron chi connectivity index (χ0n) is 18.9. The van der Waals surface area contributed by atoms with Gasteiger partial charge in [0.05, 0.1) is 17.7 Å². The molecule has 1 aromatic carbocycles. The number of hydrogen-bond acceptors (Lipinski definition) is 7. The molecule has 7 nitrogen and oxygen atoms in total. The average molecular weight is 589 g/mol. The summed E-state index contributed by atoms with van der Waals surface area (Å²) in [5.74, 6) is 3.87. The van der Waals surface area contributed by atoms with Gasteiger partial charge in [-0.05, 0) is 85.5 Å². The molecule has 5 rings (SSSR count). The summed E-state index contributed by atoms with van der Waals surface area (Å²) in [6.45, 7) is 5.89. The number of nitrogens with zero attached hydrogens (tertiary/aromatic N) is 5. The van der Waals surface area contributed by atoms with Gasteiger partial charge >= 0.3 is 0 Å². The maximum absolute atomic E-state index is 4.90. The van der Waals surface area contributed by atoms with Crippen LogP contribution in [0.25, 0.3) is 11.2 Å². The zero-order chi connectivity index (χ0) is 23.1. The topological polar surface area (TPSA) is 80.6 Å². The predicted octanol–water partition coefficient (Wildman–Crippen LogP) is 7.02. The molecule has 1 unspecified atom stereocenters. The van der Waals surface area contributed by atoms with E-state index in [4.69, 9.17) is 9.97 Å². The molecule has 1 aliphatic carbocycles. The predicted molar refractivity (Wildman–Crippen MR) is 148 cm³/mol. The molecule has 4 aromatic rings. The van der Waals surface area contributed by atoms with Crippen molar-refractivity contribution in [3.05, 3.63) is 53.2 Å². The molecule has 2 N–H and O–H groups in total. The Kier molecular flexibility index (Phi) is 6.46. The quantitative estimate of drug-likeness (QED) is 0.136. The molecule has 170 valence electrons. The Morgan fingerprint density at radius 3 is 2.45 bits per heavy atom. The van der Waals surface area contributed by atoms with E-state index in [0.29, 0.717) is 6.37 Å². The lowest BCUT2D eigenvalue weighted by atomic mass is 10.1. The number of aryl methyl sites for hydroxylation is 3. The van der Waals surface area contributed by atoms with Crippen molar-refractivity contribution in [1.29, 1.82) is 0 Å². The first-order valence-corrected chi connectivity index (χ1v) is 16.0. The van der Waals surface area contributed by atoms with Crippen LogP contribution in [0.3, 0.4) is 0 Å². The summed E-state index contributed by atoms with van der Waals surface area (Å²) < 4.78 is 2.15. The lowest BCUT2D eigenvalue weighted by molar-refractivity contribution is 1.01. The largest absolute Gasteiger partial charge is 0.353 e. The average Bonchev–Trinajstić information content (AvgIpc) is 3.56. The second kappa shape index (κ2) is 9.35. The highest BCUT2D eigenvalue weighted by atomic mass is 127. The number of benzene rings is 1. The molecule has 10 heteroatoms. The van der Waals surface area contributed by atoms with Gasteiger partial charge in [0.25, 0.3) is 0 Å². The third-order valence-electron chi connectivity index (χ3n) is 5.63. The number of imidazole rings is 1. The van der Waals surface area contributed by atoms with E-state index in [1.165, 1.54) is 23.3 Å².